The van der Waals surface area contributed by atoms with E-state index in [0.29, 0.717) is 18.1 Å². The van der Waals surface area contributed by atoms with Gasteiger partial charge in [0.15, 0.2) is 11.5 Å². The first-order chi connectivity index (χ1) is 9.10. The number of ether oxygens (including phenoxy) is 2. The third kappa shape index (κ3) is 3.23. The van der Waals surface area contributed by atoms with Gasteiger partial charge >= 0.3 is 0 Å². The summed E-state index contributed by atoms with van der Waals surface area (Å²) in [5.74, 6) is 1.19. The van der Waals surface area contributed by atoms with Crippen LogP contribution in [0.25, 0.3) is 0 Å². The molecule has 0 bridgehead atoms. The van der Waals surface area contributed by atoms with Gasteiger partial charge in [0, 0.05) is 7.05 Å². The Labute approximate surface area is 111 Å². The average Bonchev–Trinajstić information content (AvgIpc) is 2.81. The van der Waals surface area contributed by atoms with E-state index in [1.165, 1.54) is 0 Å². The van der Waals surface area contributed by atoms with Crippen molar-refractivity contribution in [1.29, 1.82) is 0 Å². The van der Waals surface area contributed by atoms with Crippen LogP contribution in [0.3, 0.4) is 0 Å². The summed E-state index contributed by atoms with van der Waals surface area (Å²) in [4.78, 5) is 0. The summed E-state index contributed by atoms with van der Waals surface area (Å²) in [6.07, 6.45) is 1.25. The number of aryl methyl sites for hydroxylation is 1. The molecule has 1 aromatic heterocycles. The lowest BCUT2D eigenvalue weighted by Crippen LogP contribution is -2.00. The van der Waals surface area contributed by atoms with Crippen molar-refractivity contribution in [1.82, 2.24) is 15.0 Å². The lowest BCUT2D eigenvalue weighted by Gasteiger charge is -2.12. The van der Waals surface area contributed by atoms with Gasteiger partial charge in [-0.25, -0.2) is 0 Å². The molecular formula is C13H17N3O3. The third-order valence-electron chi connectivity index (χ3n) is 2.70. The molecule has 0 aliphatic rings. The highest BCUT2D eigenvalue weighted by Gasteiger charge is 2.09. The number of rotatable bonds is 5. The lowest BCUT2D eigenvalue weighted by atomic mass is 10.1. The summed E-state index contributed by atoms with van der Waals surface area (Å²) < 4.78 is 12.5. The summed E-state index contributed by atoms with van der Waals surface area (Å²) in [6.45, 7) is 2.02. The highest BCUT2D eigenvalue weighted by Crippen LogP contribution is 2.30. The molecule has 0 aliphatic carbocycles. The molecule has 2 aromatic rings. The van der Waals surface area contributed by atoms with Crippen LogP contribution in [-0.2, 0) is 13.7 Å². The maximum Gasteiger partial charge on any atom is 0.161 e. The van der Waals surface area contributed by atoms with Gasteiger partial charge in [0.2, 0.25) is 0 Å². The quantitative estimate of drug-likeness (QED) is 0.884. The van der Waals surface area contributed by atoms with Crippen molar-refractivity contribution >= 4 is 0 Å². The van der Waals surface area contributed by atoms with Crippen molar-refractivity contribution in [3.8, 4) is 11.5 Å². The van der Waals surface area contributed by atoms with E-state index in [-0.39, 0.29) is 0 Å². The van der Waals surface area contributed by atoms with Crippen molar-refractivity contribution in [2.45, 2.75) is 19.6 Å². The Hall–Kier alpha value is -2.08. The van der Waals surface area contributed by atoms with Gasteiger partial charge in [0.25, 0.3) is 0 Å². The standard InChI is InChI=1S/C13H17N3O3/c1-9(17)10-4-5-12(13(6-10)18-3)19-8-11-7-16(2)15-14-11/h4-7,9,17H,8H2,1-3H3. The van der Waals surface area contributed by atoms with Gasteiger partial charge in [-0.3, -0.25) is 4.68 Å². The SMILES string of the molecule is COc1cc(C(C)O)ccc1OCc1cn(C)nn1. The second-order valence-corrected chi connectivity index (χ2v) is 4.26. The Kier molecular flexibility index (Phi) is 4.01. The van der Waals surface area contributed by atoms with Crippen molar-refractivity contribution in [3.05, 3.63) is 35.7 Å². The molecule has 19 heavy (non-hydrogen) atoms. The molecule has 0 aliphatic heterocycles. The fraction of sp³-hybridized carbons (Fsp3) is 0.385. The number of benzene rings is 1. The van der Waals surface area contributed by atoms with Gasteiger partial charge < -0.3 is 14.6 Å². The largest absolute Gasteiger partial charge is 0.493 e. The van der Waals surface area contributed by atoms with Crippen molar-refractivity contribution in [2.75, 3.05) is 7.11 Å². The van der Waals surface area contributed by atoms with Crippen molar-refractivity contribution < 1.29 is 14.6 Å². The van der Waals surface area contributed by atoms with E-state index in [1.54, 1.807) is 50.2 Å². The smallest absolute Gasteiger partial charge is 0.161 e. The highest BCUT2D eigenvalue weighted by atomic mass is 16.5. The molecule has 0 amide bonds. The second-order valence-electron chi connectivity index (χ2n) is 4.26. The maximum atomic E-state index is 9.53. The predicted molar refractivity (Wildman–Crippen MR) is 69.0 cm³/mol. The molecule has 0 saturated heterocycles. The highest BCUT2D eigenvalue weighted by molar-refractivity contribution is 5.43. The molecule has 1 atom stereocenters. The number of nitrogens with zero attached hydrogens (tertiary/aromatic N) is 3. The van der Waals surface area contributed by atoms with Crippen LogP contribution in [0.15, 0.2) is 24.4 Å². The van der Waals surface area contributed by atoms with Gasteiger partial charge in [-0.05, 0) is 24.6 Å². The fourth-order valence-electron chi connectivity index (χ4n) is 1.68. The molecule has 6 nitrogen and oxygen atoms in total. The first-order valence-electron chi connectivity index (χ1n) is 5.94. The zero-order valence-electron chi connectivity index (χ0n) is 11.2. The van der Waals surface area contributed by atoms with Crippen molar-refractivity contribution in [2.24, 2.45) is 7.05 Å². The van der Waals surface area contributed by atoms with E-state index in [0.717, 1.165) is 11.3 Å². The van der Waals surface area contributed by atoms with E-state index in [2.05, 4.69) is 10.3 Å². The van der Waals surface area contributed by atoms with E-state index in [9.17, 15) is 5.11 Å². The molecule has 0 saturated carbocycles. The predicted octanol–water partition coefficient (Wildman–Crippen LogP) is 1.46. The lowest BCUT2D eigenvalue weighted by molar-refractivity contribution is 0.198. The maximum absolute atomic E-state index is 9.53. The van der Waals surface area contributed by atoms with Crippen LogP contribution < -0.4 is 9.47 Å². The fourth-order valence-corrected chi connectivity index (χ4v) is 1.68. The van der Waals surface area contributed by atoms with Crippen LogP contribution in [0.2, 0.25) is 0 Å². The van der Waals surface area contributed by atoms with Crippen LogP contribution in [-0.4, -0.2) is 27.2 Å². The van der Waals surface area contributed by atoms with Gasteiger partial charge in [-0.1, -0.05) is 11.3 Å². The third-order valence-corrected chi connectivity index (χ3v) is 2.70. The summed E-state index contributed by atoms with van der Waals surface area (Å²) in [7, 11) is 3.37. The minimum atomic E-state index is -0.539. The van der Waals surface area contributed by atoms with E-state index >= 15 is 0 Å². The molecule has 1 aromatic carbocycles. The molecule has 1 heterocycles. The van der Waals surface area contributed by atoms with Crippen LogP contribution >= 0.6 is 0 Å². The normalized spacial score (nSPS) is 12.2. The Morgan fingerprint density at radius 3 is 2.74 bits per heavy atom. The molecule has 2 rings (SSSR count). The zero-order valence-corrected chi connectivity index (χ0v) is 11.2. The van der Waals surface area contributed by atoms with Crippen LogP contribution in [0, 0.1) is 0 Å². The van der Waals surface area contributed by atoms with Crippen LogP contribution in [0.4, 0.5) is 0 Å². The van der Waals surface area contributed by atoms with E-state index in [4.69, 9.17) is 9.47 Å². The molecule has 0 fully saturated rings. The molecular weight excluding hydrogens is 246 g/mol. The zero-order chi connectivity index (χ0) is 13.8. The second kappa shape index (κ2) is 5.71. The van der Waals surface area contributed by atoms with E-state index < -0.39 is 6.10 Å². The summed E-state index contributed by atoms with van der Waals surface area (Å²) in [5, 5.41) is 17.3. The molecule has 0 radical (unpaired) electrons. The van der Waals surface area contributed by atoms with Crippen LogP contribution in [0.1, 0.15) is 24.3 Å². The molecule has 6 heteroatoms. The first kappa shape index (κ1) is 13.4. The molecule has 102 valence electrons. The van der Waals surface area contributed by atoms with Crippen LogP contribution in [0.5, 0.6) is 11.5 Å². The molecule has 1 unspecified atom stereocenters. The van der Waals surface area contributed by atoms with Gasteiger partial charge in [0.1, 0.15) is 12.3 Å². The summed E-state index contributed by atoms with van der Waals surface area (Å²) in [5.41, 5.74) is 1.52. The minimum Gasteiger partial charge on any atom is -0.493 e. The van der Waals surface area contributed by atoms with Gasteiger partial charge in [0.05, 0.1) is 19.4 Å². The number of methoxy groups -OCH3 is 1. The minimum absolute atomic E-state index is 0.318. The first-order valence-corrected chi connectivity index (χ1v) is 5.94. The topological polar surface area (TPSA) is 69.4 Å². The Morgan fingerprint density at radius 1 is 1.37 bits per heavy atom. The molecule has 0 spiro atoms. The van der Waals surface area contributed by atoms with Crippen molar-refractivity contribution in [3.63, 3.8) is 0 Å². The number of aliphatic hydroxyl groups is 1. The Morgan fingerprint density at radius 2 is 2.16 bits per heavy atom. The van der Waals surface area contributed by atoms with Gasteiger partial charge in [-0.2, -0.15) is 0 Å². The number of aromatic nitrogens is 3. The Balaban J connectivity index is 2.11. The summed E-state index contributed by atoms with van der Waals surface area (Å²) >= 11 is 0. The van der Waals surface area contributed by atoms with Gasteiger partial charge in [-0.15, -0.1) is 5.10 Å². The number of hydrogen-bond donors (Lipinski definition) is 1. The molecule has 1 N–H and O–H groups in total. The number of hydrogen-bond acceptors (Lipinski definition) is 5. The monoisotopic (exact) mass is 263 g/mol. The Bertz CT molecular complexity index is 552. The average molecular weight is 263 g/mol. The summed E-state index contributed by atoms with van der Waals surface area (Å²) in [6, 6.07) is 5.34. The van der Waals surface area contributed by atoms with E-state index in [1.807, 2.05) is 0 Å². The number of aliphatic hydroxyl groups excluding tert-OH is 1.